The Morgan fingerprint density at radius 2 is 1.93 bits per heavy atom. The van der Waals surface area contributed by atoms with Crippen molar-refractivity contribution in [3.05, 3.63) is 17.0 Å². The molecular formula is C12H23N3. The normalized spacial score (nSPS) is 13.5. The topological polar surface area (TPSA) is 40.7 Å². The van der Waals surface area contributed by atoms with Crippen LogP contribution in [0.5, 0.6) is 0 Å². The van der Waals surface area contributed by atoms with Crippen LogP contribution in [0.25, 0.3) is 0 Å². The molecule has 1 aromatic rings. The number of nitrogens with one attached hydrogen (secondary N) is 2. The van der Waals surface area contributed by atoms with Crippen molar-refractivity contribution in [2.45, 2.75) is 41.2 Å². The first-order valence-corrected chi connectivity index (χ1v) is 5.73. The molecule has 0 fully saturated rings. The van der Waals surface area contributed by atoms with Gasteiger partial charge in [0.1, 0.15) is 0 Å². The number of rotatable bonds is 5. The number of aryl methyl sites for hydroxylation is 2. The maximum absolute atomic E-state index is 4.18. The van der Waals surface area contributed by atoms with Crippen LogP contribution >= 0.6 is 0 Å². The van der Waals surface area contributed by atoms with Crippen molar-refractivity contribution < 1.29 is 0 Å². The van der Waals surface area contributed by atoms with E-state index in [2.05, 4.69) is 43.2 Å². The van der Waals surface area contributed by atoms with Crippen molar-refractivity contribution in [1.29, 1.82) is 0 Å². The lowest BCUT2D eigenvalue weighted by Crippen LogP contribution is -2.24. The summed E-state index contributed by atoms with van der Waals surface area (Å²) in [7, 11) is 0. The molecule has 0 aliphatic carbocycles. The maximum Gasteiger partial charge on any atom is 0.0638 e. The summed E-state index contributed by atoms with van der Waals surface area (Å²) in [4.78, 5) is 0. The van der Waals surface area contributed by atoms with Crippen LogP contribution in [-0.4, -0.2) is 16.7 Å². The second-order valence-corrected chi connectivity index (χ2v) is 4.76. The Bertz CT molecular complexity index is 282. The van der Waals surface area contributed by atoms with Crippen molar-refractivity contribution in [3.8, 4) is 0 Å². The average Bonchev–Trinajstić information content (AvgIpc) is 2.48. The van der Waals surface area contributed by atoms with Gasteiger partial charge in [0.2, 0.25) is 0 Å². The summed E-state index contributed by atoms with van der Waals surface area (Å²) in [6.07, 6.45) is 0. The van der Waals surface area contributed by atoms with Crippen molar-refractivity contribution in [1.82, 2.24) is 15.5 Å². The molecule has 0 saturated heterocycles. The summed E-state index contributed by atoms with van der Waals surface area (Å²) in [5.74, 6) is 1.46. The average molecular weight is 209 g/mol. The van der Waals surface area contributed by atoms with Crippen LogP contribution in [0.4, 0.5) is 0 Å². The number of aromatic amines is 1. The van der Waals surface area contributed by atoms with E-state index < -0.39 is 0 Å². The third kappa shape index (κ3) is 3.34. The number of H-pyrrole nitrogens is 1. The van der Waals surface area contributed by atoms with Crippen molar-refractivity contribution >= 4 is 0 Å². The molecule has 0 aromatic carbocycles. The summed E-state index contributed by atoms with van der Waals surface area (Å²) in [6.45, 7) is 12.9. The third-order valence-electron chi connectivity index (χ3n) is 3.19. The molecule has 2 N–H and O–H groups in total. The number of hydrogen-bond acceptors (Lipinski definition) is 2. The molecule has 86 valence electrons. The van der Waals surface area contributed by atoms with Crippen LogP contribution in [0.3, 0.4) is 0 Å². The fourth-order valence-electron chi connectivity index (χ4n) is 1.50. The summed E-state index contributed by atoms with van der Waals surface area (Å²) >= 11 is 0. The van der Waals surface area contributed by atoms with E-state index >= 15 is 0 Å². The zero-order valence-electron chi connectivity index (χ0n) is 10.5. The molecule has 3 heteroatoms. The highest BCUT2D eigenvalue weighted by atomic mass is 15.1. The molecule has 1 heterocycles. The highest BCUT2D eigenvalue weighted by Crippen LogP contribution is 2.10. The predicted octanol–water partition coefficient (Wildman–Crippen LogP) is 2.41. The Labute approximate surface area is 92.7 Å². The Kier molecular flexibility index (Phi) is 4.33. The maximum atomic E-state index is 4.18. The first kappa shape index (κ1) is 12.2. The standard InChI is InChI=1S/C12H23N3/c1-8(2)9(3)6-13-7-12-10(4)14-15-11(12)5/h8-9,13H,6-7H2,1-5H3,(H,14,15). The van der Waals surface area contributed by atoms with Gasteiger partial charge in [-0.25, -0.2) is 0 Å². The van der Waals surface area contributed by atoms with Crippen molar-refractivity contribution in [3.63, 3.8) is 0 Å². The number of nitrogens with zero attached hydrogens (tertiary/aromatic N) is 1. The minimum absolute atomic E-state index is 0.720. The minimum Gasteiger partial charge on any atom is -0.312 e. The zero-order valence-corrected chi connectivity index (χ0v) is 10.5. The van der Waals surface area contributed by atoms with E-state index in [0.29, 0.717) is 0 Å². The van der Waals surface area contributed by atoms with Gasteiger partial charge < -0.3 is 5.32 Å². The fourth-order valence-corrected chi connectivity index (χ4v) is 1.50. The van der Waals surface area contributed by atoms with Crippen LogP contribution in [0.1, 0.15) is 37.7 Å². The SMILES string of the molecule is Cc1n[nH]c(C)c1CNCC(C)C(C)C. The van der Waals surface area contributed by atoms with Gasteiger partial charge in [0.25, 0.3) is 0 Å². The second-order valence-electron chi connectivity index (χ2n) is 4.76. The summed E-state index contributed by atoms with van der Waals surface area (Å²) in [6, 6.07) is 0. The number of aromatic nitrogens is 2. The summed E-state index contributed by atoms with van der Waals surface area (Å²) in [5.41, 5.74) is 3.60. The van der Waals surface area contributed by atoms with Gasteiger partial charge >= 0.3 is 0 Å². The van der Waals surface area contributed by atoms with E-state index in [-0.39, 0.29) is 0 Å². The zero-order chi connectivity index (χ0) is 11.4. The molecule has 3 nitrogen and oxygen atoms in total. The molecule has 0 aliphatic rings. The molecule has 1 rings (SSSR count). The molecule has 0 radical (unpaired) electrons. The van der Waals surface area contributed by atoms with E-state index in [4.69, 9.17) is 0 Å². The molecular weight excluding hydrogens is 186 g/mol. The Morgan fingerprint density at radius 1 is 1.27 bits per heavy atom. The lowest BCUT2D eigenvalue weighted by molar-refractivity contribution is 0.392. The molecule has 1 atom stereocenters. The van der Waals surface area contributed by atoms with Crippen LogP contribution in [0, 0.1) is 25.7 Å². The Balaban J connectivity index is 2.38. The van der Waals surface area contributed by atoms with Gasteiger partial charge in [0.15, 0.2) is 0 Å². The van der Waals surface area contributed by atoms with Gasteiger partial charge in [-0.3, -0.25) is 5.10 Å². The van der Waals surface area contributed by atoms with E-state index in [1.54, 1.807) is 0 Å². The first-order valence-electron chi connectivity index (χ1n) is 5.73. The Morgan fingerprint density at radius 3 is 2.40 bits per heavy atom. The predicted molar refractivity (Wildman–Crippen MR) is 63.8 cm³/mol. The highest BCUT2D eigenvalue weighted by Gasteiger charge is 2.08. The van der Waals surface area contributed by atoms with Crippen LogP contribution < -0.4 is 5.32 Å². The third-order valence-corrected chi connectivity index (χ3v) is 3.19. The second kappa shape index (κ2) is 5.31. The smallest absolute Gasteiger partial charge is 0.0638 e. The lowest BCUT2D eigenvalue weighted by atomic mass is 9.98. The molecule has 0 spiro atoms. The Hall–Kier alpha value is -0.830. The van der Waals surface area contributed by atoms with Crippen molar-refractivity contribution in [2.24, 2.45) is 11.8 Å². The molecule has 1 aromatic heterocycles. The summed E-state index contributed by atoms with van der Waals surface area (Å²) < 4.78 is 0. The van der Waals surface area contributed by atoms with Gasteiger partial charge in [-0.05, 0) is 32.2 Å². The van der Waals surface area contributed by atoms with Crippen molar-refractivity contribution in [2.75, 3.05) is 6.54 Å². The number of hydrogen-bond donors (Lipinski definition) is 2. The molecule has 0 amide bonds. The van der Waals surface area contributed by atoms with E-state index in [1.165, 1.54) is 11.3 Å². The van der Waals surface area contributed by atoms with Crippen LogP contribution in [0.2, 0.25) is 0 Å². The highest BCUT2D eigenvalue weighted by molar-refractivity contribution is 5.22. The molecule has 0 aliphatic heterocycles. The van der Waals surface area contributed by atoms with Gasteiger partial charge in [-0.2, -0.15) is 5.10 Å². The largest absolute Gasteiger partial charge is 0.312 e. The fraction of sp³-hybridized carbons (Fsp3) is 0.750. The van der Waals surface area contributed by atoms with Crippen LogP contribution in [0.15, 0.2) is 0 Å². The van der Waals surface area contributed by atoms with Gasteiger partial charge in [0.05, 0.1) is 5.69 Å². The van der Waals surface area contributed by atoms with Gasteiger partial charge in [-0.1, -0.05) is 20.8 Å². The monoisotopic (exact) mass is 209 g/mol. The van der Waals surface area contributed by atoms with Gasteiger partial charge in [0, 0.05) is 17.8 Å². The molecule has 0 saturated carbocycles. The van der Waals surface area contributed by atoms with E-state index in [9.17, 15) is 0 Å². The van der Waals surface area contributed by atoms with E-state index in [0.717, 1.165) is 30.6 Å². The minimum atomic E-state index is 0.720. The summed E-state index contributed by atoms with van der Waals surface area (Å²) in [5, 5.41) is 10.7. The molecule has 1 unspecified atom stereocenters. The molecule has 15 heavy (non-hydrogen) atoms. The van der Waals surface area contributed by atoms with E-state index in [1.807, 2.05) is 6.92 Å². The lowest BCUT2D eigenvalue weighted by Gasteiger charge is -2.16. The quantitative estimate of drug-likeness (QED) is 0.782. The van der Waals surface area contributed by atoms with Crippen LogP contribution in [-0.2, 0) is 6.54 Å². The molecule has 0 bridgehead atoms. The van der Waals surface area contributed by atoms with Gasteiger partial charge in [-0.15, -0.1) is 0 Å². The first-order chi connectivity index (χ1) is 7.02.